The molecule has 0 saturated carbocycles. The molecule has 0 unspecified atom stereocenters. The normalized spacial score (nSPS) is 10.6. The number of rotatable bonds is 4. The Hall–Kier alpha value is -2.75. The maximum atomic E-state index is 11.2. The molecule has 0 saturated heterocycles. The molecule has 2 aromatic carbocycles. The first-order valence-electron chi connectivity index (χ1n) is 6.46. The van der Waals surface area contributed by atoms with Crippen LogP contribution in [0.2, 0.25) is 0 Å². The van der Waals surface area contributed by atoms with Crippen molar-refractivity contribution in [3.63, 3.8) is 0 Å². The smallest absolute Gasteiger partial charge is 0.153 e. The summed E-state index contributed by atoms with van der Waals surface area (Å²) in [6.07, 6.45) is 0.770. The molecule has 3 aromatic rings. The van der Waals surface area contributed by atoms with E-state index in [2.05, 4.69) is 0 Å². The summed E-state index contributed by atoms with van der Waals surface area (Å²) in [7, 11) is 3.19. The molecule has 0 radical (unpaired) electrons. The highest BCUT2D eigenvalue weighted by atomic mass is 16.5. The van der Waals surface area contributed by atoms with E-state index < -0.39 is 0 Å². The highest BCUT2D eigenvalue weighted by molar-refractivity contribution is 5.97. The van der Waals surface area contributed by atoms with Crippen molar-refractivity contribution >= 4 is 17.3 Å². The lowest BCUT2D eigenvalue weighted by atomic mass is 10.1. The maximum absolute atomic E-state index is 11.2. The fourth-order valence-electron chi connectivity index (χ4n) is 2.25. The van der Waals surface area contributed by atoms with Gasteiger partial charge in [-0.05, 0) is 42.5 Å². The molecule has 0 amide bonds. The van der Waals surface area contributed by atoms with Gasteiger partial charge in [0.1, 0.15) is 22.8 Å². The highest BCUT2D eigenvalue weighted by Crippen LogP contribution is 2.32. The van der Waals surface area contributed by atoms with Gasteiger partial charge in [-0.2, -0.15) is 0 Å². The number of methoxy groups -OCH3 is 2. The van der Waals surface area contributed by atoms with Gasteiger partial charge in [0.15, 0.2) is 6.29 Å². The summed E-state index contributed by atoms with van der Waals surface area (Å²) in [5, 5.41) is 0.835. The lowest BCUT2D eigenvalue weighted by molar-refractivity contribution is 0.112. The minimum atomic E-state index is 0.476. The molecule has 0 N–H and O–H groups in total. The molecule has 1 aromatic heterocycles. The minimum absolute atomic E-state index is 0.476. The summed E-state index contributed by atoms with van der Waals surface area (Å²) in [5.41, 5.74) is 1.96. The highest BCUT2D eigenvalue weighted by Gasteiger charge is 2.12. The topological polar surface area (TPSA) is 48.7 Å². The van der Waals surface area contributed by atoms with E-state index >= 15 is 0 Å². The second kappa shape index (κ2) is 5.32. The summed E-state index contributed by atoms with van der Waals surface area (Å²) < 4.78 is 16.2. The quantitative estimate of drug-likeness (QED) is 0.680. The summed E-state index contributed by atoms with van der Waals surface area (Å²) in [6.45, 7) is 0. The lowest BCUT2D eigenvalue weighted by Gasteiger charge is -2.01. The summed E-state index contributed by atoms with van der Waals surface area (Å²) in [6, 6.07) is 13.0. The number of aldehydes is 1. The van der Waals surface area contributed by atoms with Gasteiger partial charge in [-0.25, -0.2) is 0 Å². The van der Waals surface area contributed by atoms with Crippen molar-refractivity contribution in [3.8, 4) is 22.8 Å². The standard InChI is InChI=1S/C17H14O4/c1-19-14-5-3-11(4-6-14)16-9-12-7-15(20-2)8-13(10-18)17(12)21-16/h3-10H,1-2H3. The fourth-order valence-corrected chi connectivity index (χ4v) is 2.25. The van der Waals surface area contributed by atoms with E-state index in [0.29, 0.717) is 22.7 Å². The largest absolute Gasteiger partial charge is 0.497 e. The Morgan fingerprint density at radius 3 is 2.29 bits per heavy atom. The van der Waals surface area contributed by atoms with E-state index in [1.165, 1.54) is 0 Å². The van der Waals surface area contributed by atoms with Crippen LogP contribution in [0.1, 0.15) is 10.4 Å². The van der Waals surface area contributed by atoms with Crippen LogP contribution in [0.5, 0.6) is 11.5 Å². The second-order valence-electron chi connectivity index (χ2n) is 4.59. The first-order chi connectivity index (χ1) is 10.2. The molecule has 3 rings (SSSR count). The molecule has 106 valence electrons. The Labute approximate surface area is 121 Å². The van der Waals surface area contributed by atoms with E-state index in [1.807, 2.05) is 36.4 Å². The third kappa shape index (κ3) is 2.36. The molecule has 0 aliphatic carbocycles. The van der Waals surface area contributed by atoms with Crippen LogP contribution >= 0.6 is 0 Å². The Bertz CT molecular complexity index is 784. The molecule has 0 fully saturated rings. The van der Waals surface area contributed by atoms with Gasteiger partial charge in [0.2, 0.25) is 0 Å². The van der Waals surface area contributed by atoms with Crippen LogP contribution in [0.15, 0.2) is 46.9 Å². The molecular weight excluding hydrogens is 268 g/mol. The van der Waals surface area contributed by atoms with Gasteiger partial charge in [0.05, 0.1) is 19.8 Å². The Morgan fingerprint density at radius 1 is 0.952 bits per heavy atom. The van der Waals surface area contributed by atoms with Gasteiger partial charge in [-0.15, -0.1) is 0 Å². The zero-order valence-electron chi connectivity index (χ0n) is 11.8. The van der Waals surface area contributed by atoms with Crippen molar-refractivity contribution in [2.75, 3.05) is 14.2 Å². The van der Waals surface area contributed by atoms with Crippen LogP contribution in [-0.4, -0.2) is 20.5 Å². The molecule has 0 aliphatic rings. The minimum Gasteiger partial charge on any atom is -0.497 e. The van der Waals surface area contributed by atoms with Gasteiger partial charge >= 0.3 is 0 Å². The van der Waals surface area contributed by atoms with Crippen molar-refractivity contribution < 1.29 is 18.7 Å². The molecule has 0 bridgehead atoms. The van der Waals surface area contributed by atoms with Gasteiger partial charge in [0, 0.05) is 10.9 Å². The molecule has 1 heterocycles. The van der Waals surface area contributed by atoms with Crippen LogP contribution in [0, 0.1) is 0 Å². The van der Waals surface area contributed by atoms with Gasteiger partial charge in [-0.3, -0.25) is 4.79 Å². The first kappa shape index (κ1) is 13.2. The number of benzene rings is 2. The third-order valence-electron chi connectivity index (χ3n) is 3.36. The van der Waals surface area contributed by atoms with Crippen molar-refractivity contribution in [1.82, 2.24) is 0 Å². The molecule has 0 atom stereocenters. The summed E-state index contributed by atoms with van der Waals surface area (Å²) in [5.74, 6) is 2.11. The van der Waals surface area contributed by atoms with Crippen LogP contribution in [-0.2, 0) is 0 Å². The number of furan rings is 1. The van der Waals surface area contributed by atoms with Crippen LogP contribution < -0.4 is 9.47 Å². The average Bonchev–Trinajstić information content (AvgIpc) is 2.97. The fraction of sp³-hybridized carbons (Fsp3) is 0.118. The van der Waals surface area contributed by atoms with Crippen LogP contribution in [0.3, 0.4) is 0 Å². The second-order valence-corrected chi connectivity index (χ2v) is 4.59. The van der Waals surface area contributed by atoms with E-state index in [1.54, 1.807) is 20.3 Å². The van der Waals surface area contributed by atoms with Crippen molar-refractivity contribution in [1.29, 1.82) is 0 Å². The number of carbonyl (C=O) groups excluding carboxylic acids is 1. The zero-order valence-corrected chi connectivity index (χ0v) is 11.8. The number of hydrogen-bond acceptors (Lipinski definition) is 4. The molecule has 0 aliphatic heterocycles. The molecule has 4 heteroatoms. The predicted molar refractivity (Wildman–Crippen MR) is 80.1 cm³/mol. The van der Waals surface area contributed by atoms with E-state index in [9.17, 15) is 4.79 Å². The number of hydrogen-bond donors (Lipinski definition) is 0. The first-order valence-corrected chi connectivity index (χ1v) is 6.46. The average molecular weight is 282 g/mol. The molecule has 0 spiro atoms. The Morgan fingerprint density at radius 2 is 1.67 bits per heavy atom. The van der Waals surface area contributed by atoms with E-state index in [0.717, 1.165) is 23.0 Å². The van der Waals surface area contributed by atoms with Gasteiger partial charge < -0.3 is 13.9 Å². The SMILES string of the molecule is COc1ccc(-c2cc3cc(OC)cc(C=O)c3o2)cc1. The summed E-state index contributed by atoms with van der Waals surface area (Å²) >= 11 is 0. The van der Waals surface area contributed by atoms with Gasteiger partial charge in [0.25, 0.3) is 0 Å². The number of fused-ring (bicyclic) bond motifs is 1. The number of carbonyl (C=O) groups is 1. The Balaban J connectivity index is 2.13. The van der Waals surface area contributed by atoms with Crippen molar-refractivity contribution in [2.24, 2.45) is 0 Å². The maximum Gasteiger partial charge on any atom is 0.153 e. The Kier molecular flexibility index (Phi) is 3.36. The lowest BCUT2D eigenvalue weighted by Crippen LogP contribution is -1.86. The molecule has 21 heavy (non-hydrogen) atoms. The predicted octanol–water partition coefficient (Wildman–Crippen LogP) is 3.93. The van der Waals surface area contributed by atoms with E-state index in [-0.39, 0.29) is 0 Å². The van der Waals surface area contributed by atoms with Gasteiger partial charge in [-0.1, -0.05) is 0 Å². The van der Waals surface area contributed by atoms with Crippen LogP contribution in [0.4, 0.5) is 0 Å². The van der Waals surface area contributed by atoms with Crippen molar-refractivity contribution in [2.45, 2.75) is 0 Å². The third-order valence-corrected chi connectivity index (χ3v) is 3.36. The van der Waals surface area contributed by atoms with Crippen molar-refractivity contribution in [3.05, 3.63) is 48.0 Å². The summed E-state index contributed by atoms with van der Waals surface area (Å²) in [4.78, 5) is 11.2. The molecular formula is C17H14O4. The number of ether oxygens (including phenoxy) is 2. The van der Waals surface area contributed by atoms with E-state index in [4.69, 9.17) is 13.9 Å². The monoisotopic (exact) mass is 282 g/mol. The zero-order chi connectivity index (χ0) is 14.8. The molecule has 4 nitrogen and oxygen atoms in total. The van der Waals surface area contributed by atoms with Crippen LogP contribution in [0.25, 0.3) is 22.3 Å².